The van der Waals surface area contributed by atoms with Crippen LogP contribution in [0.15, 0.2) is 35.1 Å². The molecule has 0 radical (unpaired) electrons. The number of fused-ring (bicyclic) bond motifs is 1. The Kier molecular flexibility index (Phi) is 3.74. The van der Waals surface area contributed by atoms with Crippen LogP contribution in [0, 0.1) is 29.1 Å². The molecule has 3 aromatic rings. The van der Waals surface area contributed by atoms with Crippen molar-refractivity contribution in [3.63, 3.8) is 0 Å². The van der Waals surface area contributed by atoms with Crippen molar-refractivity contribution in [2.75, 3.05) is 5.32 Å². The summed E-state index contributed by atoms with van der Waals surface area (Å²) in [7, 11) is 0. The van der Waals surface area contributed by atoms with Crippen LogP contribution in [0.4, 0.5) is 5.69 Å². The molecule has 4 bridgehead atoms. The molecule has 1 aromatic carbocycles. The van der Waals surface area contributed by atoms with Gasteiger partial charge in [-0.3, -0.25) is 4.79 Å². The van der Waals surface area contributed by atoms with E-state index in [1.165, 1.54) is 38.5 Å². The van der Waals surface area contributed by atoms with Crippen LogP contribution in [0.5, 0.6) is 0 Å². The number of H-pyrrole nitrogens is 1. The van der Waals surface area contributed by atoms with Crippen molar-refractivity contribution in [1.29, 1.82) is 5.26 Å². The van der Waals surface area contributed by atoms with Crippen LogP contribution in [-0.4, -0.2) is 20.1 Å². The van der Waals surface area contributed by atoms with E-state index in [9.17, 15) is 4.79 Å². The Labute approximate surface area is 186 Å². The van der Waals surface area contributed by atoms with Crippen LogP contribution in [0.1, 0.15) is 68.5 Å². The van der Waals surface area contributed by atoms with Gasteiger partial charge in [0.05, 0.1) is 23.0 Å². The zero-order chi connectivity index (χ0) is 21.4. The first-order valence-corrected chi connectivity index (χ1v) is 12.0. The molecule has 8 rings (SSSR count). The molecule has 5 aliphatic rings. The van der Waals surface area contributed by atoms with E-state index in [0.29, 0.717) is 11.5 Å². The topological polar surface area (TPSA) is 86.0 Å². The molecule has 2 heterocycles. The molecule has 0 atom stereocenters. The van der Waals surface area contributed by atoms with Gasteiger partial charge in [-0.25, -0.2) is 0 Å². The van der Waals surface area contributed by atoms with E-state index in [0.717, 1.165) is 58.9 Å². The summed E-state index contributed by atoms with van der Waals surface area (Å²) in [5.74, 6) is 3.02. The third-order valence-corrected chi connectivity index (χ3v) is 8.36. The Morgan fingerprint density at radius 3 is 2.31 bits per heavy atom. The van der Waals surface area contributed by atoms with E-state index in [-0.39, 0.29) is 11.1 Å². The summed E-state index contributed by atoms with van der Waals surface area (Å²) in [6, 6.07) is 11.1. The second kappa shape index (κ2) is 6.48. The summed E-state index contributed by atoms with van der Waals surface area (Å²) in [5, 5.41) is 17.9. The van der Waals surface area contributed by atoms with Gasteiger partial charge in [0.1, 0.15) is 5.69 Å². The van der Waals surface area contributed by atoms with Gasteiger partial charge < -0.3 is 10.3 Å². The van der Waals surface area contributed by atoms with Gasteiger partial charge in [0.25, 0.3) is 5.56 Å². The first kappa shape index (κ1) is 18.5. The molecule has 0 amide bonds. The lowest BCUT2D eigenvalue weighted by molar-refractivity contribution is 0.0107. The van der Waals surface area contributed by atoms with E-state index in [1.54, 1.807) is 22.7 Å². The van der Waals surface area contributed by atoms with Crippen molar-refractivity contribution >= 4 is 11.3 Å². The van der Waals surface area contributed by atoms with Crippen LogP contribution < -0.4 is 10.9 Å². The predicted molar refractivity (Wildman–Crippen MR) is 122 cm³/mol. The third kappa shape index (κ3) is 2.83. The lowest BCUT2D eigenvalue weighted by Crippen LogP contribution is -2.54. The first-order chi connectivity index (χ1) is 15.6. The van der Waals surface area contributed by atoms with E-state index < -0.39 is 0 Å². The van der Waals surface area contributed by atoms with Gasteiger partial charge in [-0.2, -0.15) is 14.9 Å². The molecule has 0 saturated heterocycles. The summed E-state index contributed by atoms with van der Waals surface area (Å²) >= 11 is 0. The second-order valence-electron chi connectivity index (χ2n) is 10.8. The summed E-state index contributed by atoms with van der Waals surface area (Å²) in [6.07, 6.45) is 10.3. The molecule has 2 N–H and O–H groups in total. The molecule has 0 aliphatic heterocycles. The Morgan fingerprint density at radius 2 is 1.72 bits per heavy atom. The summed E-state index contributed by atoms with van der Waals surface area (Å²) in [6.45, 7) is 0. The molecule has 5 fully saturated rings. The van der Waals surface area contributed by atoms with Crippen molar-refractivity contribution in [2.45, 2.75) is 62.8 Å². The molecule has 6 nitrogen and oxygen atoms in total. The first-order valence-electron chi connectivity index (χ1n) is 12.0. The average molecular weight is 426 g/mol. The normalized spacial score (nSPS) is 30.5. The van der Waals surface area contributed by atoms with Crippen molar-refractivity contribution in [1.82, 2.24) is 14.6 Å². The summed E-state index contributed by atoms with van der Waals surface area (Å²) in [5.41, 5.74) is 5.23. The van der Waals surface area contributed by atoms with Gasteiger partial charge in [0.2, 0.25) is 0 Å². The molecule has 32 heavy (non-hydrogen) atoms. The van der Waals surface area contributed by atoms with Crippen LogP contribution in [0.3, 0.4) is 0 Å². The molecule has 162 valence electrons. The average Bonchev–Trinajstić information content (AvgIpc) is 3.55. The number of nitrogens with one attached hydrogen (secondary N) is 2. The van der Waals surface area contributed by atoms with Crippen LogP contribution in [0.25, 0.3) is 16.9 Å². The van der Waals surface area contributed by atoms with E-state index in [4.69, 9.17) is 10.4 Å². The molecule has 2 aromatic heterocycles. The fraction of sp³-hybridized carbons (Fsp3) is 0.500. The molecule has 0 spiro atoms. The molecular weight excluding hydrogens is 398 g/mol. The van der Waals surface area contributed by atoms with Crippen LogP contribution in [0.2, 0.25) is 0 Å². The number of hydrogen-bond donors (Lipinski definition) is 2. The van der Waals surface area contributed by atoms with E-state index >= 15 is 0 Å². The van der Waals surface area contributed by atoms with Crippen molar-refractivity contribution in [2.24, 2.45) is 17.8 Å². The Bertz CT molecular complexity index is 1290. The molecule has 5 aliphatic carbocycles. The van der Waals surface area contributed by atoms with Gasteiger partial charge in [0.15, 0.2) is 5.65 Å². The number of nitrogens with zero attached hydrogens (tertiary/aromatic N) is 3. The smallest absolute Gasteiger partial charge is 0.274 e. The third-order valence-electron chi connectivity index (χ3n) is 8.36. The zero-order valence-electron chi connectivity index (χ0n) is 18.1. The maximum Gasteiger partial charge on any atom is 0.274 e. The SMILES string of the molecule is N#Cc1ccc(-c2cc(=O)n3nc(C4CC4)c(NC45CC6CC(CC(C6)C4)C5)c3[nH]2)cc1. The summed E-state index contributed by atoms with van der Waals surface area (Å²) < 4.78 is 1.56. The monoisotopic (exact) mass is 425 g/mol. The van der Waals surface area contributed by atoms with Crippen molar-refractivity contribution in [3.05, 3.63) is 51.9 Å². The lowest BCUT2D eigenvalue weighted by Gasteiger charge is -2.57. The Balaban J connectivity index is 1.35. The number of anilines is 1. The Morgan fingerprint density at radius 1 is 1.06 bits per heavy atom. The van der Waals surface area contributed by atoms with Crippen LogP contribution in [-0.2, 0) is 0 Å². The minimum Gasteiger partial charge on any atom is -0.375 e. The highest BCUT2D eigenvalue weighted by Crippen LogP contribution is 2.57. The molecule has 0 unspecified atom stereocenters. The Hall–Kier alpha value is -3.07. The molecular formula is C26H27N5O. The summed E-state index contributed by atoms with van der Waals surface area (Å²) in [4.78, 5) is 16.6. The highest BCUT2D eigenvalue weighted by Gasteiger charge is 2.51. The minimum absolute atomic E-state index is 0.112. The minimum atomic E-state index is -0.112. The van der Waals surface area contributed by atoms with Crippen LogP contribution >= 0.6 is 0 Å². The number of hydrogen-bond acceptors (Lipinski definition) is 4. The maximum atomic E-state index is 13.1. The molecule has 5 saturated carbocycles. The van der Waals surface area contributed by atoms with Gasteiger partial charge >= 0.3 is 0 Å². The number of aromatic amines is 1. The number of nitriles is 1. The number of rotatable bonds is 4. The van der Waals surface area contributed by atoms with Gasteiger partial charge in [-0.05, 0) is 86.8 Å². The van der Waals surface area contributed by atoms with Gasteiger partial charge in [-0.15, -0.1) is 0 Å². The standard InChI is InChI=1S/C26H27N5O/c27-14-15-1-3-19(4-2-15)21-10-22(32)31-25(28-21)24(23(30-31)20-5-6-20)29-26-11-16-7-17(12-26)9-18(8-16)13-26/h1-4,10,16-18,20,28-29H,5-9,11-13H2. The van der Waals surface area contributed by atoms with Gasteiger partial charge in [0, 0.05) is 17.5 Å². The van der Waals surface area contributed by atoms with E-state index in [1.807, 2.05) is 12.1 Å². The number of aromatic nitrogens is 3. The second-order valence-corrected chi connectivity index (χ2v) is 10.8. The van der Waals surface area contributed by atoms with Crippen molar-refractivity contribution in [3.8, 4) is 17.3 Å². The highest BCUT2D eigenvalue weighted by atomic mass is 16.1. The number of benzene rings is 1. The van der Waals surface area contributed by atoms with Gasteiger partial charge in [-0.1, -0.05) is 12.1 Å². The maximum absolute atomic E-state index is 13.1. The fourth-order valence-electron chi connectivity index (χ4n) is 7.23. The zero-order valence-corrected chi connectivity index (χ0v) is 18.1. The highest BCUT2D eigenvalue weighted by molar-refractivity contribution is 5.75. The van der Waals surface area contributed by atoms with Crippen molar-refractivity contribution < 1.29 is 0 Å². The van der Waals surface area contributed by atoms with E-state index in [2.05, 4.69) is 16.4 Å². The lowest BCUT2D eigenvalue weighted by atomic mass is 9.53. The molecule has 6 heteroatoms. The predicted octanol–water partition coefficient (Wildman–Crippen LogP) is 4.82. The quantitative estimate of drug-likeness (QED) is 0.627. The largest absolute Gasteiger partial charge is 0.375 e. The fourth-order valence-corrected chi connectivity index (χ4v) is 7.23.